The average molecular weight is 382 g/mol. The Bertz CT molecular complexity index is 924. The van der Waals surface area contributed by atoms with Crippen LogP contribution in [-0.4, -0.2) is 20.1 Å². The van der Waals surface area contributed by atoms with Crippen LogP contribution in [0, 0.1) is 11.3 Å². The van der Waals surface area contributed by atoms with Crippen LogP contribution in [0.5, 0.6) is 11.5 Å². The standard InChI is InChI=1S/C21H22N2O3S/c1-4-7-13-10-14(11-17(25-2)19(13)26-3)20(24)23-21-16(12-22)15-8-5-6-9-18(15)27-21/h4,10-11H,1,5-9H2,2-3H3,(H,23,24). The minimum Gasteiger partial charge on any atom is -0.493 e. The minimum absolute atomic E-state index is 0.267. The molecular weight excluding hydrogens is 360 g/mol. The summed E-state index contributed by atoms with van der Waals surface area (Å²) >= 11 is 1.52. The predicted octanol–water partition coefficient (Wildman–Crippen LogP) is 4.50. The molecule has 0 unspecified atom stereocenters. The Morgan fingerprint density at radius 2 is 2.11 bits per heavy atom. The lowest BCUT2D eigenvalue weighted by molar-refractivity contribution is 0.102. The number of nitriles is 1. The topological polar surface area (TPSA) is 71.4 Å². The molecular formula is C21H22N2O3S. The van der Waals surface area contributed by atoms with Crippen molar-refractivity contribution in [2.75, 3.05) is 19.5 Å². The first-order valence-corrected chi connectivity index (χ1v) is 9.66. The molecule has 0 spiro atoms. The van der Waals surface area contributed by atoms with E-state index in [2.05, 4.69) is 18.0 Å². The van der Waals surface area contributed by atoms with E-state index in [1.54, 1.807) is 32.4 Å². The third-order valence-corrected chi connectivity index (χ3v) is 5.90. The van der Waals surface area contributed by atoms with Crippen molar-refractivity contribution < 1.29 is 14.3 Å². The smallest absolute Gasteiger partial charge is 0.256 e. The molecule has 0 bridgehead atoms. The largest absolute Gasteiger partial charge is 0.493 e. The molecule has 1 amide bonds. The quantitative estimate of drug-likeness (QED) is 0.747. The molecule has 0 atom stereocenters. The van der Waals surface area contributed by atoms with Crippen molar-refractivity contribution in [3.05, 3.63) is 51.9 Å². The lowest BCUT2D eigenvalue weighted by atomic mass is 9.96. The van der Waals surface area contributed by atoms with Crippen LogP contribution in [-0.2, 0) is 19.3 Å². The number of carbonyl (C=O) groups is 1. The molecule has 1 aromatic heterocycles. The van der Waals surface area contributed by atoms with Gasteiger partial charge in [-0.25, -0.2) is 0 Å². The van der Waals surface area contributed by atoms with Crippen molar-refractivity contribution in [1.82, 2.24) is 0 Å². The number of ether oxygens (including phenoxy) is 2. The van der Waals surface area contributed by atoms with Crippen molar-refractivity contribution >= 4 is 22.2 Å². The van der Waals surface area contributed by atoms with E-state index in [1.165, 1.54) is 16.2 Å². The van der Waals surface area contributed by atoms with Crippen LogP contribution in [0.15, 0.2) is 24.8 Å². The first-order chi connectivity index (χ1) is 13.1. The Balaban J connectivity index is 1.95. The van der Waals surface area contributed by atoms with E-state index in [1.807, 2.05) is 0 Å². The zero-order valence-corrected chi connectivity index (χ0v) is 16.4. The number of benzene rings is 1. The lowest BCUT2D eigenvalue weighted by Gasteiger charge is -2.14. The fraction of sp³-hybridized carbons (Fsp3) is 0.333. The van der Waals surface area contributed by atoms with Crippen LogP contribution in [0.25, 0.3) is 0 Å². The maximum absolute atomic E-state index is 12.9. The zero-order chi connectivity index (χ0) is 19.4. The highest BCUT2D eigenvalue weighted by atomic mass is 32.1. The van der Waals surface area contributed by atoms with Crippen LogP contribution >= 0.6 is 11.3 Å². The SMILES string of the molecule is C=CCc1cc(C(=O)Nc2sc3c(c2C#N)CCCC3)cc(OC)c1OC. The van der Waals surface area contributed by atoms with Gasteiger partial charge in [-0.05, 0) is 49.8 Å². The maximum Gasteiger partial charge on any atom is 0.256 e. The summed E-state index contributed by atoms with van der Waals surface area (Å²) in [5, 5.41) is 13.1. The minimum atomic E-state index is -0.267. The number of nitrogens with zero attached hydrogens (tertiary/aromatic N) is 1. The maximum atomic E-state index is 12.9. The van der Waals surface area contributed by atoms with Crippen LogP contribution in [0.4, 0.5) is 5.00 Å². The molecule has 0 radical (unpaired) electrons. The number of hydrogen-bond acceptors (Lipinski definition) is 5. The molecule has 1 aliphatic rings. The van der Waals surface area contributed by atoms with Gasteiger partial charge >= 0.3 is 0 Å². The molecule has 1 N–H and O–H groups in total. The van der Waals surface area contributed by atoms with Gasteiger partial charge < -0.3 is 14.8 Å². The number of amides is 1. The molecule has 2 aromatic rings. The number of methoxy groups -OCH3 is 2. The summed E-state index contributed by atoms with van der Waals surface area (Å²) in [5.41, 5.74) is 2.99. The Kier molecular flexibility index (Phi) is 5.82. The second-order valence-electron chi connectivity index (χ2n) is 6.34. The first kappa shape index (κ1) is 19.0. The van der Waals surface area contributed by atoms with Crippen LogP contribution in [0.1, 0.15) is 44.8 Å². The van der Waals surface area contributed by atoms with E-state index in [-0.39, 0.29) is 5.91 Å². The summed E-state index contributed by atoms with van der Waals surface area (Å²) in [6, 6.07) is 5.70. The fourth-order valence-corrected chi connectivity index (χ4v) is 4.66. The van der Waals surface area contributed by atoms with E-state index in [9.17, 15) is 10.1 Å². The number of carbonyl (C=O) groups excluding carboxylic acids is 1. The number of allylic oxidation sites excluding steroid dienone is 1. The number of anilines is 1. The van der Waals surface area contributed by atoms with Gasteiger partial charge in [0, 0.05) is 16.0 Å². The normalized spacial score (nSPS) is 12.6. The van der Waals surface area contributed by atoms with E-state index in [0.29, 0.717) is 34.0 Å². The van der Waals surface area contributed by atoms with Gasteiger partial charge in [-0.1, -0.05) is 6.08 Å². The molecule has 0 aliphatic heterocycles. The summed E-state index contributed by atoms with van der Waals surface area (Å²) < 4.78 is 10.8. The number of thiophene rings is 1. The summed E-state index contributed by atoms with van der Waals surface area (Å²) in [6.07, 6.45) is 6.41. The third-order valence-electron chi connectivity index (χ3n) is 4.69. The van der Waals surface area contributed by atoms with E-state index >= 15 is 0 Å². The van der Waals surface area contributed by atoms with E-state index in [4.69, 9.17) is 9.47 Å². The molecule has 0 saturated carbocycles. The molecule has 140 valence electrons. The fourth-order valence-electron chi connectivity index (χ4n) is 3.43. The Morgan fingerprint density at radius 3 is 2.78 bits per heavy atom. The highest BCUT2D eigenvalue weighted by molar-refractivity contribution is 7.16. The third kappa shape index (κ3) is 3.69. The van der Waals surface area contributed by atoms with Gasteiger partial charge in [0.15, 0.2) is 11.5 Å². The Morgan fingerprint density at radius 1 is 1.33 bits per heavy atom. The highest BCUT2D eigenvalue weighted by Gasteiger charge is 2.23. The lowest BCUT2D eigenvalue weighted by Crippen LogP contribution is -2.13. The molecule has 27 heavy (non-hydrogen) atoms. The number of nitrogens with one attached hydrogen (secondary N) is 1. The van der Waals surface area contributed by atoms with E-state index in [0.717, 1.165) is 36.8 Å². The second-order valence-corrected chi connectivity index (χ2v) is 7.45. The Labute approximate surface area is 163 Å². The molecule has 1 heterocycles. The molecule has 0 saturated heterocycles. The summed E-state index contributed by atoms with van der Waals surface area (Å²) in [7, 11) is 3.11. The van der Waals surface area contributed by atoms with Gasteiger partial charge in [-0.2, -0.15) is 5.26 Å². The summed E-state index contributed by atoms with van der Waals surface area (Å²) in [6.45, 7) is 3.76. The van der Waals surface area contributed by atoms with Crippen molar-refractivity contribution in [1.29, 1.82) is 5.26 Å². The van der Waals surface area contributed by atoms with Crippen LogP contribution in [0.2, 0.25) is 0 Å². The molecule has 1 aromatic carbocycles. The molecule has 1 aliphatic carbocycles. The van der Waals surface area contributed by atoms with Crippen molar-refractivity contribution in [2.45, 2.75) is 32.1 Å². The van der Waals surface area contributed by atoms with Crippen molar-refractivity contribution in [3.8, 4) is 17.6 Å². The van der Waals surface area contributed by atoms with Gasteiger partial charge in [0.05, 0.1) is 19.8 Å². The number of fused-ring (bicyclic) bond motifs is 1. The summed E-state index contributed by atoms with van der Waals surface area (Å²) in [4.78, 5) is 14.1. The van der Waals surface area contributed by atoms with Crippen molar-refractivity contribution in [2.24, 2.45) is 0 Å². The van der Waals surface area contributed by atoms with Crippen molar-refractivity contribution in [3.63, 3.8) is 0 Å². The average Bonchev–Trinajstić information content (AvgIpc) is 3.04. The van der Waals surface area contributed by atoms with Gasteiger partial charge in [-0.15, -0.1) is 17.9 Å². The first-order valence-electron chi connectivity index (χ1n) is 8.84. The number of hydrogen-bond donors (Lipinski definition) is 1. The second kappa shape index (κ2) is 8.28. The van der Waals surface area contributed by atoms with Gasteiger partial charge in [0.2, 0.25) is 0 Å². The molecule has 3 rings (SSSR count). The predicted molar refractivity (Wildman–Crippen MR) is 107 cm³/mol. The van der Waals surface area contributed by atoms with Crippen LogP contribution in [0.3, 0.4) is 0 Å². The van der Waals surface area contributed by atoms with Gasteiger partial charge in [-0.3, -0.25) is 4.79 Å². The zero-order valence-electron chi connectivity index (χ0n) is 15.6. The molecule has 5 nitrogen and oxygen atoms in total. The van der Waals surface area contributed by atoms with E-state index < -0.39 is 0 Å². The summed E-state index contributed by atoms with van der Waals surface area (Å²) in [5.74, 6) is 0.822. The Hall–Kier alpha value is -2.78. The van der Waals surface area contributed by atoms with Gasteiger partial charge in [0.1, 0.15) is 11.1 Å². The number of aryl methyl sites for hydroxylation is 1. The highest BCUT2D eigenvalue weighted by Crippen LogP contribution is 2.38. The monoisotopic (exact) mass is 382 g/mol. The number of rotatable bonds is 6. The van der Waals surface area contributed by atoms with Gasteiger partial charge in [0.25, 0.3) is 5.91 Å². The molecule has 0 fully saturated rings. The van der Waals surface area contributed by atoms with Crippen LogP contribution < -0.4 is 14.8 Å². The molecule has 6 heteroatoms.